The summed E-state index contributed by atoms with van der Waals surface area (Å²) < 4.78 is 54.6. The zero-order chi connectivity index (χ0) is 48.0. The van der Waals surface area contributed by atoms with E-state index in [0.717, 1.165) is 0 Å². The van der Waals surface area contributed by atoms with Crippen LogP contribution in [0.3, 0.4) is 0 Å². The fraction of sp³-hybridized carbons (Fsp3) is 0.185. The van der Waals surface area contributed by atoms with Gasteiger partial charge in [0, 0.05) is 0 Å². The highest BCUT2D eigenvalue weighted by Gasteiger charge is 2.55. The Hall–Kier alpha value is -8.24. The van der Waals surface area contributed by atoms with E-state index in [1.807, 2.05) is 6.07 Å². The Labute approximate surface area is 396 Å². The molecule has 0 bridgehead atoms. The first-order valence-corrected chi connectivity index (χ1v) is 21.8. The number of carbonyl (C=O) groups excluding carboxylic acids is 6. The van der Waals surface area contributed by atoms with Crippen LogP contribution in [-0.2, 0) is 54.0 Å². The summed E-state index contributed by atoms with van der Waals surface area (Å²) in [5.74, 6) is -5.53. The van der Waals surface area contributed by atoms with Gasteiger partial charge in [-0.3, -0.25) is 4.79 Å². The van der Waals surface area contributed by atoms with Gasteiger partial charge >= 0.3 is 29.8 Å². The van der Waals surface area contributed by atoms with Crippen molar-refractivity contribution < 1.29 is 71.4 Å². The van der Waals surface area contributed by atoms with E-state index in [9.17, 15) is 28.8 Å². The average molecular weight is 933 g/mol. The van der Waals surface area contributed by atoms with Crippen LogP contribution in [0.4, 0.5) is 0 Å². The Morgan fingerprint density at radius 3 is 1.29 bits per heavy atom. The van der Waals surface area contributed by atoms with Gasteiger partial charge in [0.2, 0.25) is 18.7 Å². The number of hydrogen-bond acceptors (Lipinski definition) is 15. The molecule has 0 N–H and O–H groups in total. The Balaban J connectivity index is 1.19. The topological polar surface area (TPSA) is 185 Å². The van der Waals surface area contributed by atoms with Crippen LogP contribution in [0.25, 0.3) is 0 Å². The van der Waals surface area contributed by atoms with Gasteiger partial charge in [-0.25, -0.2) is 24.0 Å². The van der Waals surface area contributed by atoms with E-state index in [0.29, 0.717) is 5.56 Å². The standard InChI is InChI=1S/C54H44O15/c55-44-42(31-41(33-61-48(56)36-21-9-2-10-22-36)64-53(44)63-32-35-19-7-1-8-20-35)65-54-47(69-52(60)40-29-17-6-18-30-40)46(68-51(59)39-27-15-5-16-28-39)45(67-50(58)38-25-13-4-14-26-38)43(66-54)34-62-49(57)37-23-11-3-12-24-37/h1-31,41,43,45-47,53-54H,32-34H2/t41?,43?,45-,46-,47?,53?,54+/m0/s1. The van der Waals surface area contributed by atoms with Gasteiger partial charge in [-0.2, -0.15) is 0 Å². The van der Waals surface area contributed by atoms with E-state index >= 15 is 0 Å². The normalized spacial score (nSPS) is 20.8. The SMILES string of the molecule is O=C(OCC1C=C(O[C@@H]2OC(COC(=O)c3ccccc3)[C@H](OC(=O)c3ccccc3)[C@H](OC(=O)c3ccccc3)C2OC(=O)c2ccccc2)C(=O)C(OCc2ccccc2)O1)c1ccccc1. The van der Waals surface area contributed by atoms with E-state index in [-0.39, 0.29) is 34.4 Å². The number of Topliss-reactive ketones (excluding diaryl/α,β-unsaturated/α-hetero) is 1. The van der Waals surface area contributed by atoms with Gasteiger partial charge < -0.3 is 42.6 Å². The summed E-state index contributed by atoms with van der Waals surface area (Å²) in [7, 11) is 0. The molecule has 69 heavy (non-hydrogen) atoms. The number of ether oxygens (including phenoxy) is 9. The van der Waals surface area contributed by atoms with Gasteiger partial charge in [-0.1, -0.05) is 121 Å². The highest BCUT2D eigenvalue weighted by atomic mass is 16.7. The second kappa shape index (κ2) is 23.0. The monoisotopic (exact) mass is 932 g/mol. The maximum absolute atomic E-state index is 14.4. The molecule has 350 valence electrons. The predicted octanol–water partition coefficient (Wildman–Crippen LogP) is 7.51. The molecule has 4 unspecified atom stereocenters. The molecule has 15 nitrogen and oxygen atoms in total. The van der Waals surface area contributed by atoms with Crippen LogP contribution < -0.4 is 0 Å². The molecule has 2 aliphatic rings. The van der Waals surface area contributed by atoms with Crippen LogP contribution in [-0.4, -0.2) is 91.9 Å². The summed E-state index contributed by atoms with van der Waals surface area (Å²) in [4.78, 5) is 83.1. The van der Waals surface area contributed by atoms with Gasteiger partial charge in [0.05, 0.1) is 34.4 Å². The van der Waals surface area contributed by atoms with Crippen molar-refractivity contribution >= 4 is 35.6 Å². The van der Waals surface area contributed by atoms with E-state index < -0.39 is 97.7 Å². The minimum absolute atomic E-state index is 0.0668. The van der Waals surface area contributed by atoms with E-state index in [4.69, 9.17) is 42.6 Å². The van der Waals surface area contributed by atoms with Crippen LogP contribution in [0.1, 0.15) is 57.4 Å². The maximum atomic E-state index is 14.4. The van der Waals surface area contributed by atoms with Crippen LogP contribution in [0.15, 0.2) is 194 Å². The van der Waals surface area contributed by atoms with Crippen molar-refractivity contribution in [3.63, 3.8) is 0 Å². The van der Waals surface area contributed by atoms with E-state index in [2.05, 4.69) is 0 Å². The van der Waals surface area contributed by atoms with E-state index in [1.54, 1.807) is 127 Å². The molecule has 0 spiro atoms. The van der Waals surface area contributed by atoms with Crippen molar-refractivity contribution in [2.24, 2.45) is 0 Å². The first-order chi connectivity index (χ1) is 33.7. The van der Waals surface area contributed by atoms with Gasteiger partial charge in [0.25, 0.3) is 5.78 Å². The highest BCUT2D eigenvalue weighted by molar-refractivity contribution is 5.97. The third-order valence-electron chi connectivity index (χ3n) is 10.7. The summed E-state index contributed by atoms with van der Waals surface area (Å²) in [6.07, 6.45) is -10.2. The Bertz CT molecular complexity index is 2720. The van der Waals surface area contributed by atoms with Crippen molar-refractivity contribution in [3.8, 4) is 0 Å². The lowest BCUT2D eigenvalue weighted by Gasteiger charge is -2.44. The molecule has 1 fully saturated rings. The van der Waals surface area contributed by atoms with Crippen LogP contribution in [0, 0.1) is 0 Å². The Morgan fingerprint density at radius 1 is 0.435 bits per heavy atom. The molecular formula is C54H44O15. The molecule has 0 amide bonds. The summed E-state index contributed by atoms with van der Waals surface area (Å²) in [6.45, 7) is -1.14. The lowest BCUT2D eigenvalue weighted by atomic mass is 9.97. The molecule has 1 saturated heterocycles. The lowest BCUT2D eigenvalue weighted by molar-refractivity contribution is -0.290. The summed E-state index contributed by atoms with van der Waals surface area (Å²) >= 11 is 0. The third-order valence-corrected chi connectivity index (χ3v) is 10.7. The maximum Gasteiger partial charge on any atom is 0.338 e. The van der Waals surface area contributed by atoms with Gasteiger partial charge in [0.1, 0.15) is 25.4 Å². The van der Waals surface area contributed by atoms with Crippen molar-refractivity contribution in [1.82, 2.24) is 0 Å². The van der Waals surface area contributed by atoms with Crippen LogP contribution in [0.5, 0.6) is 0 Å². The minimum Gasteiger partial charge on any atom is -0.459 e. The highest BCUT2D eigenvalue weighted by Crippen LogP contribution is 2.34. The Kier molecular flexibility index (Phi) is 15.7. The molecule has 2 heterocycles. The number of benzene rings is 6. The van der Waals surface area contributed by atoms with Gasteiger partial charge in [0.15, 0.2) is 18.0 Å². The number of carbonyl (C=O) groups is 6. The molecule has 6 aromatic carbocycles. The lowest BCUT2D eigenvalue weighted by Crippen LogP contribution is -2.63. The van der Waals surface area contributed by atoms with Crippen molar-refractivity contribution in [3.05, 3.63) is 227 Å². The first-order valence-electron chi connectivity index (χ1n) is 21.8. The second-order valence-corrected chi connectivity index (χ2v) is 15.5. The van der Waals surface area contributed by atoms with Crippen LogP contribution >= 0.6 is 0 Å². The van der Waals surface area contributed by atoms with Crippen molar-refractivity contribution in [1.29, 1.82) is 0 Å². The minimum atomic E-state index is -1.88. The van der Waals surface area contributed by atoms with E-state index in [1.165, 1.54) is 54.6 Å². The number of esters is 5. The third kappa shape index (κ3) is 12.4. The molecule has 7 atom stereocenters. The molecule has 0 saturated carbocycles. The number of hydrogen-bond donors (Lipinski definition) is 0. The molecular weight excluding hydrogens is 889 g/mol. The number of rotatable bonds is 17. The fourth-order valence-electron chi connectivity index (χ4n) is 7.24. The summed E-state index contributed by atoms with van der Waals surface area (Å²) in [5, 5.41) is 0. The number of ketones is 1. The quantitative estimate of drug-likeness (QED) is 0.0646. The molecule has 0 aromatic heterocycles. The van der Waals surface area contributed by atoms with Gasteiger partial charge in [-0.15, -0.1) is 0 Å². The molecule has 0 radical (unpaired) electrons. The van der Waals surface area contributed by atoms with Crippen molar-refractivity contribution in [2.75, 3.05) is 13.2 Å². The fourth-order valence-corrected chi connectivity index (χ4v) is 7.24. The molecule has 0 aliphatic carbocycles. The molecule has 6 aromatic rings. The van der Waals surface area contributed by atoms with Crippen LogP contribution in [0.2, 0.25) is 0 Å². The smallest absolute Gasteiger partial charge is 0.338 e. The summed E-state index contributed by atoms with van der Waals surface area (Å²) in [6, 6.07) is 48.8. The Morgan fingerprint density at radius 2 is 0.826 bits per heavy atom. The molecule has 2 aliphatic heterocycles. The molecule has 15 heteroatoms. The second-order valence-electron chi connectivity index (χ2n) is 15.5. The summed E-state index contributed by atoms with van der Waals surface area (Å²) in [5.41, 5.74) is 1.38. The van der Waals surface area contributed by atoms with Gasteiger partial charge in [-0.05, 0) is 72.3 Å². The predicted molar refractivity (Wildman–Crippen MR) is 243 cm³/mol. The first kappa shape index (κ1) is 47.3. The largest absolute Gasteiger partial charge is 0.459 e. The van der Waals surface area contributed by atoms with Crippen molar-refractivity contribution in [2.45, 2.75) is 49.7 Å². The average Bonchev–Trinajstić information content (AvgIpc) is 3.40. The zero-order valence-corrected chi connectivity index (χ0v) is 36.7. The zero-order valence-electron chi connectivity index (χ0n) is 36.7. The molecule has 8 rings (SSSR count).